The van der Waals surface area contributed by atoms with Crippen LogP contribution in [0.1, 0.15) is 25.1 Å². The van der Waals surface area contributed by atoms with Gasteiger partial charge in [0.1, 0.15) is 0 Å². The lowest BCUT2D eigenvalue weighted by atomic mass is 9.80. The summed E-state index contributed by atoms with van der Waals surface area (Å²) >= 11 is 0. The van der Waals surface area contributed by atoms with Gasteiger partial charge in [-0.1, -0.05) is 80.6 Å². The predicted octanol–water partition coefficient (Wildman–Crippen LogP) is 5.94. The molecule has 1 aromatic heterocycles. The molecule has 0 bridgehead atoms. The number of rotatable bonds is 1. The Morgan fingerprint density at radius 1 is 0.708 bits per heavy atom. The van der Waals surface area contributed by atoms with E-state index in [4.69, 9.17) is 0 Å². The quantitative estimate of drug-likeness (QED) is 0.410. The minimum atomic E-state index is -0.0131. The molecule has 1 heteroatoms. The van der Waals surface area contributed by atoms with Crippen LogP contribution in [0, 0.1) is 0 Å². The van der Waals surface area contributed by atoms with Crippen molar-refractivity contribution in [3.63, 3.8) is 0 Å². The summed E-state index contributed by atoms with van der Waals surface area (Å²) in [5.41, 5.74) is 8.07. The van der Waals surface area contributed by atoms with Crippen molar-refractivity contribution in [3.8, 4) is 16.8 Å². The Hall–Kier alpha value is -2.80. The van der Waals surface area contributed by atoms with Crippen molar-refractivity contribution < 1.29 is 0 Å². The van der Waals surface area contributed by atoms with E-state index in [-0.39, 0.29) is 5.41 Å². The first kappa shape index (κ1) is 13.6. The monoisotopic (exact) mass is 309 g/mol. The molecule has 24 heavy (non-hydrogen) atoms. The first-order chi connectivity index (χ1) is 11.7. The Kier molecular flexibility index (Phi) is 2.62. The molecule has 0 atom stereocenters. The van der Waals surface area contributed by atoms with Gasteiger partial charge in [-0.25, -0.2) is 0 Å². The van der Waals surface area contributed by atoms with E-state index < -0.39 is 0 Å². The summed E-state index contributed by atoms with van der Waals surface area (Å²) < 4.78 is 2.47. The molecule has 116 valence electrons. The van der Waals surface area contributed by atoms with E-state index in [2.05, 4.69) is 97.3 Å². The molecule has 0 N–H and O–H groups in total. The molecular formula is C23H19N. The Balaban J connectivity index is 2.00. The second-order valence-corrected chi connectivity index (χ2v) is 7.08. The van der Waals surface area contributed by atoms with Crippen molar-refractivity contribution in [2.75, 3.05) is 0 Å². The molecule has 1 nitrogen and oxygen atoms in total. The van der Waals surface area contributed by atoms with Gasteiger partial charge in [-0.05, 0) is 23.3 Å². The lowest BCUT2D eigenvalue weighted by molar-refractivity contribution is 0.646. The van der Waals surface area contributed by atoms with Gasteiger partial charge in [-0.2, -0.15) is 0 Å². The van der Waals surface area contributed by atoms with Crippen LogP contribution in [0.3, 0.4) is 0 Å². The van der Waals surface area contributed by atoms with Crippen molar-refractivity contribution in [2.45, 2.75) is 19.3 Å². The third-order valence-corrected chi connectivity index (χ3v) is 5.35. The maximum absolute atomic E-state index is 2.47. The molecule has 4 aromatic rings. The van der Waals surface area contributed by atoms with E-state index in [0.717, 1.165) is 0 Å². The van der Waals surface area contributed by atoms with E-state index in [0.29, 0.717) is 0 Å². The largest absolute Gasteiger partial charge is 0.312 e. The minimum absolute atomic E-state index is 0.0131. The van der Waals surface area contributed by atoms with Gasteiger partial charge >= 0.3 is 0 Å². The Bertz CT molecular complexity index is 1050. The highest BCUT2D eigenvalue weighted by molar-refractivity contribution is 6.01. The number of aromatic nitrogens is 1. The number of benzene rings is 3. The van der Waals surface area contributed by atoms with Crippen LogP contribution in [0.15, 0.2) is 78.9 Å². The maximum atomic E-state index is 2.47. The lowest BCUT2D eigenvalue weighted by Gasteiger charge is -2.21. The summed E-state index contributed by atoms with van der Waals surface area (Å²) in [6, 6.07) is 28.4. The van der Waals surface area contributed by atoms with E-state index in [1.54, 1.807) is 0 Å². The van der Waals surface area contributed by atoms with Crippen LogP contribution in [0.2, 0.25) is 0 Å². The highest BCUT2D eigenvalue weighted by atomic mass is 15.0. The second-order valence-electron chi connectivity index (χ2n) is 7.08. The average molecular weight is 309 g/mol. The molecule has 0 saturated carbocycles. The Morgan fingerprint density at radius 3 is 2.21 bits per heavy atom. The number of hydrogen-bond donors (Lipinski definition) is 0. The van der Waals surface area contributed by atoms with Crippen LogP contribution < -0.4 is 0 Å². The molecule has 1 aliphatic heterocycles. The Morgan fingerprint density at radius 2 is 1.38 bits per heavy atom. The fourth-order valence-electron chi connectivity index (χ4n) is 4.30. The first-order valence-corrected chi connectivity index (χ1v) is 8.49. The zero-order valence-electron chi connectivity index (χ0n) is 14.0. The fourth-order valence-corrected chi connectivity index (χ4v) is 4.30. The third kappa shape index (κ3) is 1.59. The molecule has 0 amide bonds. The highest BCUT2D eigenvalue weighted by Gasteiger charge is 2.39. The van der Waals surface area contributed by atoms with Gasteiger partial charge in [0.25, 0.3) is 0 Å². The molecule has 0 radical (unpaired) electrons. The van der Waals surface area contributed by atoms with Gasteiger partial charge < -0.3 is 4.57 Å². The summed E-state index contributed by atoms with van der Waals surface area (Å²) in [5, 5.41) is 1.33. The topological polar surface area (TPSA) is 4.93 Å². The van der Waals surface area contributed by atoms with Crippen molar-refractivity contribution >= 4 is 10.9 Å². The zero-order chi connectivity index (χ0) is 16.3. The molecule has 0 unspecified atom stereocenters. The van der Waals surface area contributed by atoms with Crippen LogP contribution in [0.5, 0.6) is 0 Å². The normalized spacial score (nSPS) is 14.6. The zero-order valence-corrected chi connectivity index (χ0v) is 14.0. The minimum Gasteiger partial charge on any atom is -0.312 e. The summed E-state index contributed by atoms with van der Waals surface area (Å²) in [5.74, 6) is 0. The van der Waals surface area contributed by atoms with E-state index in [1.165, 1.54) is 39.0 Å². The summed E-state index contributed by atoms with van der Waals surface area (Å²) in [4.78, 5) is 0. The molecular weight excluding hydrogens is 290 g/mol. The smallest absolute Gasteiger partial charge is 0.0538 e. The summed E-state index contributed by atoms with van der Waals surface area (Å²) in [6.45, 7) is 4.69. The van der Waals surface area contributed by atoms with E-state index in [9.17, 15) is 0 Å². The second kappa shape index (κ2) is 4.61. The number of hydrogen-bond acceptors (Lipinski definition) is 0. The number of nitrogens with zero attached hydrogens (tertiary/aromatic N) is 1. The Labute approximate surface area is 142 Å². The predicted molar refractivity (Wildman–Crippen MR) is 101 cm³/mol. The lowest BCUT2D eigenvalue weighted by Crippen LogP contribution is -2.16. The van der Waals surface area contributed by atoms with Crippen LogP contribution in [0.25, 0.3) is 27.7 Å². The summed E-state index contributed by atoms with van der Waals surface area (Å²) in [6.07, 6.45) is 0. The van der Waals surface area contributed by atoms with Crippen molar-refractivity contribution in [1.82, 2.24) is 4.57 Å². The van der Waals surface area contributed by atoms with Gasteiger partial charge in [0, 0.05) is 22.1 Å². The first-order valence-electron chi connectivity index (χ1n) is 8.49. The fraction of sp³-hybridized carbons (Fsp3) is 0.130. The van der Waals surface area contributed by atoms with Crippen LogP contribution >= 0.6 is 0 Å². The summed E-state index contributed by atoms with van der Waals surface area (Å²) in [7, 11) is 0. The number of fused-ring (bicyclic) bond motifs is 5. The SMILES string of the molecule is CC1(C)c2ccccc2-n2c1c(-c1ccccc1)c1ccccc12. The van der Waals surface area contributed by atoms with Crippen LogP contribution in [0.4, 0.5) is 0 Å². The maximum Gasteiger partial charge on any atom is 0.0538 e. The molecule has 2 heterocycles. The molecule has 0 fully saturated rings. The van der Waals surface area contributed by atoms with Crippen LogP contribution in [-0.4, -0.2) is 4.57 Å². The molecule has 1 aliphatic rings. The van der Waals surface area contributed by atoms with Crippen molar-refractivity contribution in [2.24, 2.45) is 0 Å². The molecule has 0 saturated heterocycles. The standard InChI is InChI=1S/C23H19N/c1-23(2)18-13-7-9-15-20(18)24-19-14-8-6-12-17(19)21(22(23)24)16-10-4-3-5-11-16/h3-15H,1-2H3. The van der Waals surface area contributed by atoms with Gasteiger partial charge in [-0.3, -0.25) is 0 Å². The molecule has 0 aliphatic carbocycles. The van der Waals surface area contributed by atoms with E-state index in [1.807, 2.05) is 0 Å². The third-order valence-electron chi connectivity index (χ3n) is 5.35. The van der Waals surface area contributed by atoms with Gasteiger partial charge in [0.15, 0.2) is 0 Å². The number of para-hydroxylation sites is 2. The van der Waals surface area contributed by atoms with Gasteiger partial charge in [0.05, 0.1) is 11.2 Å². The van der Waals surface area contributed by atoms with Crippen molar-refractivity contribution in [1.29, 1.82) is 0 Å². The molecule has 5 rings (SSSR count). The molecule has 3 aromatic carbocycles. The van der Waals surface area contributed by atoms with Crippen LogP contribution in [-0.2, 0) is 5.41 Å². The van der Waals surface area contributed by atoms with E-state index >= 15 is 0 Å². The van der Waals surface area contributed by atoms with Crippen molar-refractivity contribution in [3.05, 3.63) is 90.1 Å². The molecule has 0 spiro atoms. The van der Waals surface area contributed by atoms with Gasteiger partial charge in [-0.15, -0.1) is 0 Å². The highest BCUT2D eigenvalue weighted by Crippen LogP contribution is 2.51. The van der Waals surface area contributed by atoms with Gasteiger partial charge in [0.2, 0.25) is 0 Å². The average Bonchev–Trinajstić information content (AvgIpc) is 3.08.